The minimum atomic E-state index is -0.583. The van der Waals surface area contributed by atoms with E-state index >= 15 is 0 Å². The number of aryl methyl sites for hydroxylation is 1. The molecule has 1 aliphatic rings. The van der Waals surface area contributed by atoms with E-state index in [1.807, 2.05) is 66.7 Å². The molecule has 0 bridgehead atoms. The van der Waals surface area contributed by atoms with Crippen LogP contribution in [0.1, 0.15) is 54.4 Å². The van der Waals surface area contributed by atoms with E-state index in [1.54, 1.807) is 16.7 Å². The fraction of sp³-hybridized carbons (Fsp3) is 0.375. The van der Waals surface area contributed by atoms with Crippen LogP contribution < -0.4 is 5.32 Å². The summed E-state index contributed by atoms with van der Waals surface area (Å²) in [5.74, 6) is 0.890. The van der Waals surface area contributed by atoms with Gasteiger partial charge in [0.2, 0.25) is 11.8 Å². The van der Waals surface area contributed by atoms with E-state index < -0.39 is 6.04 Å². The lowest BCUT2D eigenvalue weighted by molar-refractivity contribution is -0.139. The van der Waals surface area contributed by atoms with Gasteiger partial charge in [0.15, 0.2) is 0 Å². The molecule has 1 fully saturated rings. The van der Waals surface area contributed by atoms with Gasteiger partial charge in [-0.25, -0.2) is 0 Å². The number of hydrogen-bond acceptors (Lipinski definition) is 3. The van der Waals surface area contributed by atoms with Crippen LogP contribution in [0.25, 0.3) is 0 Å². The molecule has 0 aromatic heterocycles. The van der Waals surface area contributed by atoms with Crippen molar-refractivity contribution in [3.63, 3.8) is 0 Å². The van der Waals surface area contributed by atoms with Crippen molar-refractivity contribution in [2.24, 2.45) is 0 Å². The number of rotatable bonds is 11. The Kier molecular flexibility index (Phi) is 10.7. The molecule has 200 valence electrons. The summed E-state index contributed by atoms with van der Waals surface area (Å²) < 4.78 is 0. The van der Waals surface area contributed by atoms with E-state index in [0.29, 0.717) is 29.5 Å². The van der Waals surface area contributed by atoms with Crippen LogP contribution in [0.5, 0.6) is 0 Å². The Morgan fingerprint density at radius 2 is 1.63 bits per heavy atom. The number of carbonyl (C=O) groups excluding carboxylic acids is 2. The third kappa shape index (κ3) is 8.64. The highest BCUT2D eigenvalue weighted by molar-refractivity contribution is 7.99. The Balaban J connectivity index is 1.56. The Hall–Kier alpha value is -2.76. The zero-order valence-electron chi connectivity index (χ0n) is 22.1. The second-order valence-corrected chi connectivity index (χ2v) is 11.6. The topological polar surface area (TPSA) is 49.4 Å². The van der Waals surface area contributed by atoms with E-state index in [9.17, 15) is 9.59 Å². The van der Waals surface area contributed by atoms with Gasteiger partial charge in [-0.2, -0.15) is 0 Å². The molecule has 0 saturated heterocycles. The van der Waals surface area contributed by atoms with Gasteiger partial charge in [0, 0.05) is 29.8 Å². The minimum Gasteiger partial charge on any atom is -0.352 e. The van der Waals surface area contributed by atoms with Crippen LogP contribution in [0.3, 0.4) is 0 Å². The summed E-state index contributed by atoms with van der Waals surface area (Å²) in [6.45, 7) is 2.45. The first-order chi connectivity index (χ1) is 18.5. The number of halogens is 1. The smallest absolute Gasteiger partial charge is 0.243 e. The number of carbonyl (C=O) groups is 2. The van der Waals surface area contributed by atoms with Gasteiger partial charge in [0.05, 0.1) is 5.75 Å². The SMILES string of the molecule is Cc1ccc(CN(C(=O)CSCc2cccc(Cl)c2)[C@H](Cc2ccccc2)C(=O)NC2CCCCC2)cc1. The first-order valence-electron chi connectivity index (χ1n) is 13.5. The van der Waals surface area contributed by atoms with E-state index in [-0.39, 0.29) is 17.9 Å². The fourth-order valence-electron chi connectivity index (χ4n) is 4.95. The molecule has 0 unspecified atom stereocenters. The van der Waals surface area contributed by atoms with Gasteiger partial charge in [-0.3, -0.25) is 9.59 Å². The summed E-state index contributed by atoms with van der Waals surface area (Å²) in [5.41, 5.74) is 4.31. The normalized spacial score (nSPS) is 14.6. The predicted molar refractivity (Wildman–Crippen MR) is 158 cm³/mol. The highest BCUT2D eigenvalue weighted by Crippen LogP contribution is 2.22. The molecule has 1 saturated carbocycles. The van der Waals surface area contributed by atoms with Crippen LogP contribution >= 0.6 is 23.4 Å². The number of hydrogen-bond donors (Lipinski definition) is 1. The van der Waals surface area contributed by atoms with Crippen LogP contribution in [0, 0.1) is 6.92 Å². The lowest BCUT2D eigenvalue weighted by Crippen LogP contribution is -2.53. The first kappa shape index (κ1) is 28.3. The van der Waals surface area contributed by atoms with E-state index in [1.165, 1.54) is 12.0 Å². The van der Waals surface area contributed by atoms with Gasteiger partial charge in [0.1, 0.15) is 6.04 Å². The van der Waals surface area contributed by atoms with Crippen molar-refractivity contribution in [1.29, 1.82) is 0 Å². The van der Waals surface area contributed by atoms with Crippen LogP contribution in [0.15, 0.2) is 78.9 Å². The zero-order valence-corrected chi connectivity index (χ0v) is 23.6. The first-order valence-corrected chi connectivity index (χ1v) is 15.0. The molecule has 1 N–H and O–H groups in total. The summed E-state index contributed by atoms with van der Waals surface area (Å²) in [4.78, 5) is 29.4. The van der Waals surface area contributed by atoms with E-state index in [0.717, 1.165) is 42.4 Å². The number of nitrogens with one attached hydrogen (secondary N) is 1. The standard InChI is InChI=1S/C32H37ClN2O2S/c1-24-15-17-26(18-16-24)21-35(31(36)23-38-22-27-11-8-12-28(33)19-27)30(20-25-9-4-2-5-10-25)32(37)34-29-13-6-3-7-14-29/h2,4-5,8-12,15-19,29-30H,3,6-7,13-14,20-23H2,1H3,(H,34,37)/t30-/m1/s1. The maximum atomic E-state index is 13.8. The number of thioether (sulfide) groups is 1. The third-order valence-electron chi connectivity index (χ3n) is 7.08. The van der Waals surface area contributed by atoms with E-state index in [2.05, 4.69) is 24.4 Å². The van der Waals surface area contributed by atoms with Crippen LogP contribution in [-0.4, -0.2) is 34.6 Å². The summed E-state index contributed by atoms with van der Waals surface area (Å²) in [5, 5.41) is 4.00. The Bertz CT molecular complexity index is 1180. The summed E-state index contributed by atoms with van der Waals surface area (Å²) in [7, 11) is 0. The summed E-state index contributed by atoms with van der Waals surface area (Å²) in [6.07, 6.45) is 5.99. The van der Waals surface area contributed by atoms with Crippen molar-refractivity contribution in [3.8, 4) is 0 Å². The highest BCUT2D eigenvalue weighted by Gasteiger charge is 2.31. The lowest BCUT2D eigenvalue weighted by atomic mass is 9.94. The zero-order chi connectivity index (χ0) is 26.7. The molecule has 0 radical (unpaired) electrons. The van der Waals surface area contributed by atoms with E-state index in [4.69, 9.17) is 11.6 Å². The maximum Gasteiger partial charge on any atom is 0.243 e. The second kappa shape index (κ2) is 14.4. The summed E-state index contributed by atoms with van der Waals surface area (Å²) in [6, 6.07) is 25.5. The molecule has 0 aliphatic heterocycles. The Morgan fingerprint density at radius 3 is 2.34 bits per heavy atom. The molecule has 0 spiro atoms. The average Bonchev–Trinajstić information content (AvgIpc) is 2.93. The summed E-state index contributed by atoms with van der Waals surface area (Å²) >= 11 is 7.70. The van der Waals surface area contributed by atoms with Crippen molar-refractivity contribution in [2.75, 3.05) is 5.75 Å². The fourth-order valence-corrected chi connectivity index (χ4v) is 6.02. The molecule has 4 rings (SSSR count). The largest absolute Gasteiger partial charge is 0.352 e. The molecule has 6 heteroatoms. The molecular formula is C32H37ClN2O2S. The molecular weight excluding hydrogens is 512 g/mol. The Labute approximate surface area is 236 Å². The molecule has 1 aliphatic carbocycles. The molecule has 3 aromatic carbocycles. The maximum absolute atomic E-state index is 13.8. The number of amides is 2. The molecule has 38 heavy (non-hydrogen) atoms. The van der Waals surface area contributed by atoms with Gasteiger partial charge in [-0.1, -0.05) is 103 Å². The van der Waals surface area contributed by atoms with Crippen molar-refractivity contribution in [3.05, 3.63) is 106 Å². The number of nitrogens with zero attached hydrogens (tertiary/aromatic N) is 1. The van der Waals surface area contributed by atoms with Crippen molar-refractivity contribution >= 4 is 35.2 Å². The van der Waals surface area contributed by atoms with Crippen LogP contribution in [0.2, 0.25) is 5.02 Å². The Morgan fingerprint density at radius 1 is 0.921 bits per heavy atom. The third-order valence-corrected chi connectivity index (χ3v) is 8.30. The molecule has 2 amide bonds. The average molecular weight is 549 g/mol. The van der Waals surface area contributed by atoms with Gasteiger partial charge in [-0.05, 0) is 48.6 Å². The van der Waals surface area contributed by atoms with Crippen molar-refractivity contribution in [1.82, 2.24) is 10.2 Å². The monoisotopic (exact) mass is 548 g/mol. The lowest BCUT2D eigenvalue weighted by Gasteiger charge is -2.33. The molecule has 4 nitrogen and oxygen atoms in total. The van der Waals surface area contributed by atoms with Gasteiger partial charge >= 0.3 is 0 Å². The highest BCUT2D eigenvalue weighted by atomic mass is 35.5. The molecule has 3 aromatic rings. The second-order valence-electron chi connectivity index (χ2n) is 10.2. The van der Waals surface area contributed by atoms with Gasteiger partial charge in [-0.15, -0.1) is 11.8 Å². The number of benzene rings is 3. The molecule has 0 heterocycles. The quantitative estimate of drug-likeness (QED) is 0.281. The van der Waals surface area contributed by atoms with Crippen molar-refractivity contribution in [2.45, 2.75) is 69.8 Å². The molecule has 1 atom stereocenters. The van der Waals surface area contributed by atoms with Crippen molar-refractivity contribution < 1.29 is 9.59 Å². The van der Waals surface area contributed by atoms with Crippen LogP contribution in [0.4, 0.5) is 0 Å². The minimum absolute atomic E-state index is 0.0303. The van der Waals surface area contributed by atoms with Crippen LogP contribution in [-0.2, 0) is 28.3 Å². The van der Waals surface area contributed by atoms with Gasteiger partial charge in [0.25, 0.3) is 0 Å². The predicted octanol–water partition coefficient (Wildman–Crippen LogP) is 6.97. The van der Waals surface area contributed by atoms with Gasteiger partial charge < -0.3 is 10.2 Å².